The van der Waals surface area contributed by atoms with Crippen molar-refractivity contribution in [1.29, 1.82) is 0 Å². The van der Waals surface area contributed by atoms with Gasteiger partial charge in [0.15, 0.2) is 0 Å². The molecule has 0 radical (unpaired) electrons. The summed E-state index contributed by atoms with van der Waals surface area (Å²) in [5.74, 6) is 1.48. The van der Waals surface area contributed by atoms with Crippen LogP contribution in [0, 0.1) is 0 Å². The number of hydrogen-bond donors (Lipinski definition) is 1. The molecular formula is C26H27ClN2O2S. The highest BCUT2D eigenvalue weighted by Crippen LogP contribution is 2.40. The topological polar surface area (TPSA) is 54.6 Å². The average molecular weight is 467 g/mol. The molecule has 5 rings (SSSR count). The van der Waals surface area contributed by atoms with Gasteiger partial charge in [0.05, 0.1) is 11.8 Å². The molecule has 0 spiro atoms. The Morgan fingerprint density at radius 2 is 1.81 bits per heavy atom. The molecule has 2 aromatic heterocycles. The summed E-state index contributed by atoms with van der Waals surface area (Å²) < 4.78 is 5.97. The van der Waals surface area contributed by atoms with Gasteiger partial charge in [0, 0.05) is 21.5 Å². The van der Waals surface area contributed by atoms with E-state index in [1.807, 2.05) is 36.4 Å². The lowest BCUT2D eigenvalue weighted by atomic mass is 9.93. The van der Waals surface area contributed by atoms with Crippen molar-refractivity contribution in [3.05, 3.63) is 63.2 Å². The van der Waals surface area contributed by atoms with Gasteiger partial charge in [-0.15, -0.1) is 11.3 Å². The highest BCUT2D eigenvalue weighted by Gasteiger charge is 2.27. The zero-order valence-electron chi connectivity index (χ0n) is 18.0. The summed E-state index contributed by atoms with van der Waals surface area (Å²) in [4.78, 5) is 19.3. The Morgan fingerprint density at radius 3 is 2.62 bits per heavy atom. The van der Waals surface area contributed by atoms with E-state index in [2.05, 4.69) is 5.32 Å². The first-order valence-electron chi connectivity index (χ1n) is 11.5. The number of thiophene rings is 1. The maximum absolute atomic E-state index is 13.3. The largest absolute Gasteiger partial charge is 0.455 e. The molecule has 166 valence electrons. The van der Waals surface area contributed by atoms with E-state index in [1.165, 1.54) is 36.1 Å². The first-order chi connectivity index (χ1) is 15.7. The summed E-state index contributed by atoms with van der Waals surface area (Å²) in [6.07, 6.45) is 11.9. The number of carbonyl (C=O) groups excluding carboxylic acids is 1. The fourth-order valence-corrected chi connectivity index (χ4v) is 6.05. The number of hydrogen-bond acceptors (Lipinski definition) is 4. The van der Waals surface area contributed by atoms with Gasteiger partial charge in [-0.05, 0) is 80.5 Å². The summed E-state index contributed by atoms with van der Waals surface area (Å²) in [5.41, 5.74) is 2.96. The van der Waals surface area contributed by atoms with E-state index in [0.717, 1.165) is 54.0 Å². The molecule has 0 saturated heterocycles. The first-order valence-corrected chi connectivity index (χ1v) is 12.7. The Balaban J connectivity index is 1.39. The number of fused-ring (bicyclic) bond motifs is 1. The number of rotatable bonds is 5. The normalized spacial score (nSPS) is 16.9. The lowest BCUT2D eigenvalue weighted by Gasteiger charge is -2.23. The minimum Gasteiger partial charge on any atom is -0.455 e. The van der Waals surface area contributed by atoms with Gasteiger partial charge in [-0.2, -0.15) is 0 Å². The van der Waals surface area contributed by atoms with Gasteiger partial charge in [-0.25, -0.2) is 4.99 Å². The van der Waals surface area contributed by atoms with Gasteiger partial charge in [0.1, 0.15) is 16.5 Å². The van der Waals surface area contributed by atoms with E-state index in [-0.39, 0.29) is 5.91 Å². The number of carbonyl (C=O) groups is 1. The quantitative estimate of drug-likeness (QED) is 0.399. The van der Waals surface area contributed by atoms with Crippen LogP contribution >= 0.6 is 22.9 Å². The standard InChI is InChI=1S/C26H27ClN2O2S/c27-18-12-10-17(11-13-18)22-15-14-20(31-22)16-28-26-24(21-8-4-5-9-23(21)32-26)25(30)29-19-6-2-1-3-7-19/h10-16,19H,1-9H2,(H,29,30)/b28-16-. The Morgan fingerprint density at radius 1 is 1.03 bits per heavy atom. The third-order valence-electron chi connectivity index (χ3n) is 6.38. The zero-order valence-corrected chi connectivity index (χ0v) is 19.6. The van der Waals surface area contributed by atoms with Crippen LogP contribution in [0.15, 0.2) is 45.8 Å². The molecule has 0 atom stereocenters. The summed E-state index contributed by atoms with van der Waals surface area (Å²) >= 11 is 7.64. The number of aryl methyl sites for hydroxylation is 1. The van der Waals surface area contributed by atoms with E-state index in [0.29, 0.717) is 16.8 Å². The Hall–Kier alpha value is -2.37. The van der Waals surface area contributed by atoms with Crippen molar-refractivity contribution in [1.82, 2.24) is 5.32 Å². The molecule has 2 aliphatic rings. The fourth-order valence-electron chi connectivity index (χ4n) is 4.69. The number of aliphatic imine (C=N–C) groups is 1. The number of halogens is 1. The van der Waals surface area contributed by atoms with Gasteiger partial charge in [-0.1, -0.05) is 30.9 Å². The van der Waals surface area contributed by atoms with Gasteiger partial charge < -0.3 is 9.73 Å². The lowest BCUT2D eigenvalue weighted by Crippen LogP contribution is -2.36. The molecule has 2 heterocycles. The molecule has 4 nitrogen and oxygen atoms in total. The molecule has 1 N–H and O–H groups in total. The van der Waals surface area contributed by atoms with Crippen molar-refractivity contribution in [2.45, 2.75) is 63.8 Å². The molecule has 32 heavy (non-hydrogen) atoms. The summed E-state index contributed by atoms with van der Waals surface area (Å²) in [6.45, 7) is 0. The van der Waals surface area contributed by atoms with Gasteiger partial charge >= 0.3 is 0 Å². The van der Waals surface area contributed by atoms with Gasteiger partial charge in [-0.3, -0.25) is 4.79 Å². The number of nitrogens with one attached hydrogen (secondary N) is 1. The molecular weight excluding hydrogens is 440 g/mol. The Kier molecular flexibility index (Phi) is 6.47. The number of amides is 1. The number of benzene rings is 1. The number of nitrogens with zero attached hydrogens (tertiary/aromatic N) is 1. The zero-order chi connectivity index (χ0) is 21.9. The van der Waals surface area contributed by atoms with Crippen molar-refractivity contribution in [3.63, 3.8) is 0 Å². The van der Waals surface area contributed by atoms with Crippen LogP contribution < -0.4 is 5.32 Å². The molecule has 1 fully saturated rings. The minimum atomic E-state index is 0.0461. The second-order valence-corrected chi connectivity index (χ2v) is 10.2. The average Bonchev–Trinajstić information content (AvgIpc) is 3.43. The van der Waals surface area contributed by atoms with Crippen LogP contribution in [0.1, 0.15) is 71.5 Å². The molecule has 2 aliphatic carbocycles. The van der Waals surface area contributed by atoms with Gasteiger partial charge in [0.2, 0.25) is 0 Å². The second kappa shape index (κ2) is 9.63. The highest BCUT2D eigenvalue weighted by molar-refractivity contribution is 7.16. The molecule has 1 amide bonds. The van der Waals surface area contributed by atoms with E-state index in [9.17, 15) is 4.79 Å². The van der Waals surface area contributed by atoms with E-state index in [1.54, 1.807) is 17.6 Å². The van der Waals surface area contributed by atoms with Crippen LogP contribution in [-0.4, -0.2) is 18.2 Å². The molecule has 0 aliphatic heterocycles. The monoisotopic (exact) mass is 466 g/mol. The maximum Gasteiger partial charge on any atom is 0.254 e. The minimum absolute atomic E-state index is 0.0461. The predicted octanol–water partition coefficient (Wildman–Crippen LogP) is 7.35. The summed E-state index contributed by atoms with van der Waals surface area (Å²) in [5, 5.41) is 4.80. The third-order valence-corrected chi connectivity index (χ3v) is 7.84. The summed E-state index contributed by atoms with van der Waals surface area (Å²) in [6, 6.07) is 11.7. The van der Waals surface area contributed by atoms with Crippen molar-refractivity contribution in [3.8, 4) is 11.3 Å². The fraction of sp³-hybridized carbons (Fsp3) is 0.385. The SMILES string of the molecule is O=C(NC1CCCCC1)c1c(/N=C\c2ccc(-c3ccc(Cl)cc3)o2)sc2c1CCCC2. The van der Waals surface area contributed by atoms with E-state index < -0.39 is 0 Å². The van der Waals surface area contributed by atoms with Crippen molar-refractivity contribution in [2.75, 3.05) is 0 Å². The van der Waals surface area contributed by atoms with Crippen LogP contribution in [-0.2, 0) is 12.8 Å². The van der Waals surface area contributed by atoms with Crippen molar-refractivity contribution >= 4 is 40.1 Å². The lowest BCUT2D eigenvalue weighted by molar-refractivity contribution is 0.0927. The van der Waals surface area contributed by atoms with Crippen LogP contribution in [0.3, 0.4) is 0 Å². The first kappa shape index (κ1) is 21.5. The molecule has 1 saturated carbocycles. The van der Waals surface area contributed by atoms with E-state index >= 15 is 0 Å². The van der Waals surface area contributed by atoms with Gasteiger partial charge in [0.25, 0.3) is 5.91 Å². The molecule has 0 bridgehead atoms. The highest BCUT2D eigenvalue weighted by atomic mass is 35.5. The van der Waals surface area contributed by atoms with Crippen molar-refractivity contribution < 1.29 is 9.21 Å². The smallest absolute Gasteiger partial charge is 0.254 e. The molecule has 3 aromatic rings. The van der Waals surface area contributed by atoms with Crippen LogP contribution in [0.2, 0.25) is 5.02 Å². The Bertz CT molecular complexity index is 1120. The predicted molar refractivity (Wildman–Crippen MR) is 132 cm³/mol. The number of furan rings is 1. The van der Waals surface area contributed by atoms with E-state index in [4.69, 9.17) is 21.0 Å². The summed E-state index contributed by atoms with van der Waals surface area (Å²) in [7, 11) is 0. The maximum atomic E-state index is 13.3. The van der Waals surface area contributed by atoms with Crippen LogP contribution in [0.25, 0.3) is 11.3 Å². The van der Waals surface area contributed by atoms with Crippen LogP contribution in [0.5, 0.6) is 0 Å². The second-order valence-electron chi connectivity index (χ2n) is 8.67. The Labute approximate surface area is 197 Å². The third kappa shape index (κ3) is 4.69. The molecule has 1 aromatic carbocycles. The molecule has 0 unspecified atom stereocenters. The van der Waals surface area contributed by atoms with Crippen LogP contribution in [0.4, 0.5) is 5.00 Å². The van der Waals surface area contributed by atoms with Crippen molar-refractivity contribution in [2.24, 2.45) is 4.99 Å². The molecule has 6 heteroatoms.